The molecular weight excluding hydrogens is 266 g/mol. The minimum Gasteiger partial charge on any atom is -0.332 e. The van der Waals surface area contributed by atoms with Gasteiger partial charge in [-0.25, -0.2) is 0 Å². The van der Waals surface area contributed by atoms with E-state index in [9.17, 15) is 9.59 Å². The van der Waals surface area contributed by atoms with E-state index in [1.54, 1.807) is 9.80 Å². The van der Waals surface area contributed by atoms with E-state index >= 15 is 0 Å². The van der Waals surface area contributed by atoms with Crippen LogP contribution in [0.25, 0.3) is 0 Å². The van der Waals surface area contributed by atoms with Crippen molar-refractivity contribution in [2.24, 2.45) is 5.92 Å². The van der Waals surface area contributed by atoms with Gasteiger partial charge in [0.25, 0.3) is 0 Å². The number of hydrogen-bond donors (Lipinski definition) is 1. The maximum absolute atomic E-state index is 12.6. The van der Waals surface area contributed by atoms with E-state index in [2.05, 4.69) is 12.2 Å². The second-order valence-electron chi connectivity index (χ2n) is 5.90. The van der Waals surface area contributed by atoms with Crippen molar-refractivity contribution in [3.8, 4) is 0 Å². The molecule has 0 bridgehead atoms. The minimum atomic E-state index is -0.393. The molecule has 112 valence electrons. The summed E-state index contributed by atoms with van der Waals surface area (Å²) < 4.78 is 0. The lowest BCUT2D eigenvalue weighted by Crippen LogP contribution is -2.53. The van der Waals surface area contributed by atoms with Crippen LogP contribution >= 0.6 is 0 Å². The lowest BCUT2D eigenvalue weighted by molar-refractivity contribution is -0.144. The molecule has 0 aromatic heterocycles. The van der Waals surface area contributed by atoms with Gasteiger partial charge in [-0.05, 0) is 24.0 Å². The lowest BCUT2D eigenvalue weighted by Gasteiger charge is -2.35. The number of para-hydroxylation sites is 1. The van der Waals surface area contributed by atoms with Gasteiger partial charge >= 0.3 is 11.8 Å². The molecule has 1 N–H and O–H groups in total. The van der Waals surface area contributed by atoms with E-state index in [-0.39, 0.29) is 5.91 Å². The van der Waals surface area contributed by atoms with Crippen LogP contribution in [0.15, 0.2) is 24.3 Å². The first-order valence-electron chi connectivity index (χ1n) is 7.56. The molecule has 0 saturated carbocycles. The van der Waals surface area contributed by atoms with Crippen LogP contribution in [-0.2, 0) is 16.0 Å². The monoisotopic (exact) mass is 287 g/mol. The number of benzene rings is 1. The maximum Gasteiger partial charge on any atom is 0.316 e. The lowest BCUT2D eigenvalue weighted by atomic mass is 9.94. The van der Waals surface area contributed by atoms with E-state index in [1.165, 1.54) is 0 Å². The summed E-state index contributed by atoms with van der Waals surface area (Å²) in [7, 11) is 0. The van der Waals surface area contributed by atoms with Crippen molar-refractivity contribution in [2.45, 2.75) is 13.3 Å². The fourth-order valence-corrected chi connectivity index (χ4v) is 3.11. The number of amides is 2. The minimum absolute atomic E-state index is 0.375. The van der Waals surface area contributed by atoms with E-state index in [1.807, 2.05) is 24.3 Å². The Balaban J connectivity index is 1.82. The Labute approximate surface area is 124 Å². The van der Waals surface area contributed by atoms with Gasteiger partial charge in [-0.15, -0.1) is 0 Å². The number of anilines is 1. The van der Waals surface area contributed by atoms with Gasteiger partial charge < -0.3 is 15.1 Å². The van der Waals surface area contributed by atoms with Crippen LogP contribution in [0.2, 0.25) is 0 Å². The number of fused-ring (bicyclic) bond motifs is 1. The average molecular weight is 287 g/mol. The largest absolute Gasteiger partial charge is 0.332 e. The molecule has 2 amide bonds. The zero-order valence-electron chi connectivity index (χ0n) is 12.3. The van der Waals surface area contributed by atoms with Crippen LogP contribution in [0, 0.1) is 5.92 Å². The predicted octanol–water partition coefficient (Wildman–Crippen LogP) is 0.644. The molecule has 2 heterocycles. The van der Waals surface area contributed by atoms with E-state index < -0.39 is 5.91 Å². The smallest absolute Gasteiger partial charge is 0.316 e. The molecule has 1 fully saturated rings. The summed E-state index contributed by atoms with van der Waals surface area (Å²) in [5.74, 6) is -0.393. The molecule has 0 spiro atoms. The molecular formula is C16H21N3O2. The Morgan fingerprint density at radius 2 is 1.86 bits per heavy atom. The summed E-state index contributed by atoms with van der Waals surface area (Å²) in [6, 6.07) is 7.88. The molecule has 5 heteroatoms. The SMILES string of the molecule is CC1Cc2ccccc2N(C(=O)C(=O)N2CCNCC2)C1. The molecule has 1 saturated heterocycles. The summed E-state index contributed by atoms with van der Waals surface area (Å²) >= 11 is 0. The number of piperazine rings is 1. The molecule has 1 unspecified atom stereocenters. The van der Waals surface area contributed by atoms with Crippen LogP contribution in [0.4, 0.5) is 5.69 Å². The fraction of sp³-hybridized carbons (Fsp3) is 0.500. The highest BCUT2D eigenvalue weighted by Crippen LogP contribution is 2.29. The summed E-state index contributed by atoms with van der Waals surface area (Å²) in [5, 5.41) is 3.19. The molecule has 2 aliphatic rings. The van der Waals surface area contributed by atoms with Gasteiger partial charge in [0.05, 0.1) is 0 Å². The molecule has 21 heavy (non-hydrogen) atoms. The fourth-order valence-electron chi connectivity index (χ4n) is 3.11. The summed E-state index contributed by atoms with van der Waals surface area (Å²) in [4.78, 5) is 28.4. The standard InChI is InChI=1S/C16H21N3O2/c1-12-10-13-4-2-3-5-14(13)19(11-12)16(21)15(20)18-8-6-17-7-9-18/h2-5,12,17H,6-11H2,1H3. The Bertz CT molecular complexity index is 552. The van der Waals surface area contributed by atoms with Crippen molar-refractivity contribution in [3.05, 3.63) is 29.8 Å². The quantitative estimate of drug-likeness (QED) is 0.713. The van der Waals surface area contributed by atoms with Crippen molar-refractivity contribution in [1.82, 2.24) is 10.2 Å². The van der Waals surface area contributed by atoms with Gasteiger partial charge in [0.1, 0.15) is 0 Å². The zero-order chi connectivity index (χ0) is 14.8. The second-order valence-corrected chi connectivity index (χ2v) is 5.90. The summed E-state index contributed by atoms with van der Waals surface area (Å²) in [6.07, 6.45) is 0.960. The Morgan fingerprint density at radius 1 is 1.14 bits per heavy atom. The number of carbonyl (C=O) groups is 2. The Kier molecular flexibility index (Phi) is 3.92. The third kappa shape index (κ3) is 2.78. The van der Waals surface area contributed by atoms with Crippen LogP contribution in [0.1, 0.15) is 12.5 Å². The third-order valence-electron chi connectivity index (χ3n) is 4.18. The number of carbonyl (C=O) groups excluding carboxylic acids is 2. The van der Waals surface area contributed by atoms with Gasteiger partial charge in [0.2, 0.25) is 0 Å². The summed E-state index contributed by atoms with van der Waals surface area (Å²) in [5.41, 5.74) is 2.04. The molecule has 1 aromatic carbocycles. The van der Waals surface area contributed by atoms with Crippen molar-refractivity contribution >= 4 is 17.5 Å². The van der Waals surface area contributed by atoms with Gasteiger partial charge in [0, 0.05) is 38.4 Å². The first kappa shape index (κ1) is 14.1. The number of rotatable bonds is 0. The number of nitrogens with zero attached hydrogens (tertiary/aromatic N) is 2. The molecule has 1 aromatic rings. The average Bonchev–Trinajstić information content (AvgIpc) is 2.53. The Morgan fingerprint density at radius 3 is 2.62 bits per heavy atom. The van der Waals surface area contributed by atoms with Crippen molar-refractivity contribution in [2.75, 3.05) is 37.6 Å². The molecule has 1 atom stereocenters. The first-order chi connectivity index (χ1) is 10.2. The van der Waals surface area contributed by atoms with Crippen molar-refractivity contribution < 1.29 is 9.59 Å². The summed E-state index contributed by atoms with van der Waals surface area (Å²) in [6.45, 7) is 5.46. The highest BCUT2D eigenvalue weighted by molar-refractivity contribution is 6.40. The van der Waals surface area contributed by atoms with Gasteiger partial charge in [-0.2, -0.15) is 0 Å². The maximum atomic E-state index is 12.6. The van der Waals surface area contributed by atoms with E-state index in [0.29, 0.717) is 25.6 Å². The predicted molar refractivity (Wildman–Crippen MR) is 81.1 cm³/mol. The topological polar surface area (TPSA) is 52.7 Å². The molecule has 0 radical (unpaired) electrons. The zero-order valence-corrected chi connectivity index (χ0v) is 12.3. The van der Waals surface area contributed by atoms with E-state index in [0.717, 1.165) is 30.8 Å². The first-order valence-corrected chi connectivity index (χ1v) is 7.56. The normalized spacial score (nSPS) is 21.9. The van der Waals surface area contributed by atoms with Gasteiger partial charge in [-0.1, -0.05) is 25.1 Å². The third-order valence-corrected chi connectivity index (χ3v) is 4.18. The van der Waals surface area contributed by atoms with Crippen LogP contribution in [0.3, 0.4) is 0 Å². The van der Waals surface area contributed by atoms with Gasteiger partial charge in [0.15, 0.2) is 0 Å². The molecule has 0 aliphatic carbocycles. The van der Waals surface area contributed by atoms with E-state index in [4.69, 9.17) is 0 Å². The molecule has 2 aliphatic heterocycles. The number of hydrogen-bond acceptors (Lipinski definition) is 3. The van der Waals surface area contributed by atoms with Crippen molar-refractivity contribution in [3.63, 3.8) is 0 Å². The molecule has 5 nitrogen and oxygen atoms in total. The van der Waals surface area contributed by atoms with Crippen LogP contribution < -0.4 is 10.2 Å². The Hall–Kier alpha value is -1.88. The van der Waals surface area contributed by atoms with Crippen LogP contribution in [0.5, 0.6) is 0 Å². The van der Waals surface area contributed by atoms with Crippen molar-refractivity contribution in [1.29, 1.82) is 0 Å². The highest BCUT2D eigenvalue weighted by Gasteiger charge is 2.32. The highest BCUT2D eigenvalue weighted by atomic mass is 16.2. The number of nitrogens with one attached hydrogen (secondary N) is 1. The van der Waals surface area contributed by atoms with Gasteiger partial charge in [-0.3, -0.25) is 9.59 Å². The second kappa shape index (κ2) is 5.85. The molecule has 3 rings (SSSR count). The van der Waals surface area contributed by atoms with Crippen LogP contribution in [-0.4, -0.2) is 49.4 Å².